The van der Waals surface area contributed by atoms with Crippen LogP contribution < -0.4 is 4.74 Å². The van der Waals surface area contributed by atoms with E-state index in [1.165, 1.54) is 24.5 Å². The molecule has 3 aromatic rings. The highest BCUT2D eigenvalue weighted by atomic mass is 35.5. The van der Waals surface area contributed by atoms with E-state index in [-0.39, 0.29) is 5.02 Å². The fraction of sp³-hybridized carbons (Fsp3) is 0. The molecule has 0 atom stereocenters. The lowest BCUT2D eigenvalue weighted by Gasteiger charge is -2.05. The maximum atomic E-state index is 13.0. The Bertz CT molecular complexity index is 713. The van der Waals surface area contributed by atoms with Gasteiger partial charge in [-0.2, -0.15) is 0 Å². The van der Waals surface area contributed by atoms with Gasteiger partial charge in [-0.3, -0.25) is 0 Å². The summed E-state index contributed by atoms with van der Waals surface area (Å²) in [7, 11) is 0. The number of ether oxygens (including phenoxy) is 1. The zero-order valence-electron chi connectivity index (χ0n) is 9.02. The number of nitrogens with zero attached hydrogens (tertiary/aromatic N) is 2. The molecular formula is C12H7ClFN3O. The summed E-state index contributed by atoms with van der Waals surface area (Å²) >= 11 is 5.68. The van der Waals surface area contributed by atoms with Gasteiger partial charge >= 0.3 is 0 Å². The van der Waals surface area contributed by atoms with Gasteiger partial charge in [-0.1, -0.05) is 11.6 Å². The van der Waals surface area contributed by atoms with Crippen molar-refractivity contribution in [1.29, 1.82) is 0 Å². The van der Waals surface area contributed by atoms with Crippen LogP contribution in [0.5, 0.6) is 11.6 Å². The first kappa shape index (κ1) is 11.0. The summed E-state index contributed by atoms with van der Waals surface area (Å²) in [6.45, 7) is 0. The molecule has 0 aliphatic heterocycles. The fourth-order valence-corrected chi connectivity index (χ4v) is 1.75. The smallest absolute Gasteiger partial charge is 0.231 e. The van der Waals surface area contributed by atoms with E-state index in [1.807, 2.05) is 0 Å². The SMILES string of the molecule is Fc1ccc(Oc2ncnc3[nH]ccc23)cc1Cl. The predicted molar refractivity (Wildman–Crippen MR) is 65.4 cm³/mol. The quantitative estimate of drug-likeness (QED) is 0.769. The van der Waals surface area contributed by atoms with E-state index in [0.29, 0.717) is 17.3 Å². The number of fused-ring (bicyclic) bond motifs is 1. The van der Waals surface area contributed by atoms with Crippen molar-refractivity contribution >= 4 is 22.6 Å². The van der Waals surface area contributed by atoms with Gasteiger partial charge in [0.1, 0.15) is 23.5 Å². The Morgan fingerprint density at radius 1 is 1.22 bits per heavy atom. The molecule has 0 saturated carbocycles. The number of hydrogen-bond acceptors (Lipinski definition) is 3. The van der Waals surface area contributed by atoms with Gasteiger partial charge in [0.25, 0.3) is 0 Å². The lowest BCUT2D eigenvalue weighted by molar-refractivity contribution is 0.466. The Labute approximate surface area is 106 Å². The van der Waals surface area contributed by atoms with E-state index in [0.717, 1.165) is 5.39 Å². The van der Waals surface area contributed by atoms with Crippen LogP contribution in [0.15, 0.2) is 36.8 Å². The summed E-state index contributed by atoms with van der Waals surface area (Å²) in [5, 5.41) is 0.754. The van der Waals surface area contributed by atoms with Crippen LogP contribution >= 0.6 is 11.6 Å². The standard InChI is InChI=1S/C12H7ClFN3O/c13-9-5-7(1-2-10(9)14)18-12-8-3-4-15-11(8)16-6-17-12/h1-6H,(H,15,16,17). The van der Waals surface area contributed by atoms with E-state index in [9.17, 15) is 4.39 Å². The Hall–Kier alpha value is -2.14. The third-order valence-electron chi connectivity index (χ3n) is 2.42. The van der Waals surface area contributed by atoms with Crippen molar-refractivity contribution in [2.45, 2.75) is 0 Å². The summed E-state index contributed by atoms with van der Waals surface area (Å²) in [6.07, 6.45) is 3.13. The van der Waals surface area contributed by atoms with E-state index >= 15 is 0 Å². The Morgan fingerprint density at radius 3 is 2.94 bits per heavy atom. The van der Waals surface area contributed by atoms with Crippen LogP contribution in [0.25, 0.3) is 11.0 Å². The molecule has 0 bridgehead atoms. The third kappa shape index (κ3) is 1.89. The van der Waals surface area contributed by atoms with Crippen LogP contribution in [-0.4, -0.2) is 15.0 Å². The van der Waals surface area contributed by atoms with E-state index in [1.54, 1.807) is 12.3 Å². The molecule has 0 amide bonds. The van der Waals surface area contributed by atoms with Crippen molar-refractivity contribution in [3.63, 3.8) is 0 Å². The van der Waals surface area contributed by atoms with Gasteiger partial charge < -0.3 is 9.72 Å². The van der Waals surface area contributed by atoms with Crippen LogP contribution in [0.3, 0.4) is 0 Å². The number of aromatic nitrogens is 3. The summed E-state index contributed by atoms with van der Waals surface area (Å²) in [5.74, 6) is 0.324. The molecule has 2 heterocycles. The minimum atomic E-state index is -0.488. The topological polar surface area (TPSA) is 50.8 Å². The van der Waals surface area contributed by atoms with E-state index in [4.69, 9.17) is 16.3 Å². The van der Waals surface area contributed by atoms with Crippen LogP contribution in [0.1, 0.15) is 0 Å². The van der Waals surface area contributed by atoms with E-state index < -0.39 is 5.82 Å². The summed E-state index contributed by atoms with van der Waals surface area (Å²) in [6, 6.07) is 5.93. The first-order valence-corrected chi connectivity index (χ1v) is 5.53. The molecule has 1 N–H and O–H groups in total. The lowest BCUT2D eigenvalue weighted by Crippen LogP contribution is -1.90. The molecule has 0 aliphatic carbocycles. The van der Waals surface area contributed by atoms with Crippen molar-refractivity contribution in [2.24, 2.45) is 0 Å². The van der Waals surface area contributed by atoms with Gasteiger partial charge in [-0.05, 0) is 18.2 Å². The average molecular weight is 264 g/mol. The van der Waals surface area contributed by atoms with Crippen LogP contribution in [0.2, 0.25) is 5.02 Å². The minimum Gasteiger partial charge on any atom is -0.438 e. The number of benzene rings is 1. The molecule has 3 rings (SSSR count). The number of nitrogens with one attached hydrogen (secondary N) is 1. The van der Waals surface area contributed by atoms with Gasteiger partial charge in [0.2, 0.25) is 5.88 Å². The van der Waals surface area contributed by atoms with Crippen molar-refractivity contribution in [3.8, 4) is 11.6 Å². The molecule has 0 spiro atoms. The van der Waals surface area contributed by atoms with Crippen LogP contribution in [-0.2, 0) is 0 Å². The predicted octanol–water partition coefficient (Wildman–Crippen LogP) is 3.54. The number of halogens is 2. The molecule has 2 aromatic heterocycles. The van der Waals surface area contributed by atoms with Crippen molar-refractivity contribution in [3.05, 3.63) is 47.6 Å². The van der Waals surface area contributed by atoms with Crippen LogP contribution in [0.4, 0.5) is 4.39 Å². The fourth-order valence-electron chi connectivity index (χ4n) is 1.58. The van der Waals surface area contributed by atoms with Crippen molar-refractivity contribution in [2.75, 3.05) is 0 Å². The molecule has 0 saturated heterocycles. The first-order chi connectivity index (χ1) is 8.74. The molecule has 6 heteroatoms. The van der Waals surface area contributed by atoms with Gasteiger partial charge in [0.05, 0.1) is 10.4 Å². The summed E-state index contributed by atoms with van der Waals surface area (Å²) in [5.41, 5.74) is 0.674. The lowest BCUT2D eigenvalue weighted by atomic mass is 10.3. The molecule has 1 aromatic carbocycles. The highest BCUT2D eigenvalue weighted by molar-refractivity contribution is 6.30. The number of rotatable bonds is 2. The molecule has 0 unspecified atom stereocenters. The largest absolute Gasteiger partial charge is 0.438 e. The van der Waals surface area contributed by atoms with Gasteiger partial charge in [0.15, 0.2) is 0 Å². The number of H-pyrrole nitrogens is 1. The Morgan fingerprint density at radius 2 is 2.11 bits per heavy atom. The molecule has 4 nitrogen and oxygen atoms in total. The highest BCUT2D eigenvalue weighted by Crippen LogP contribution is 2.28. The van der Waals surface area contributed by atoms with Gasteiger partial charge in [-0.15, -0.1) is 0 Å². The second kappa shape index (κ2) is 4.27. The zero-order valence-corrected chi connectivity index (χ0v) is 9.78. The Balaban J connectivity index is 2.01. The highest BCUT2D eigenvalue weighted by Gasteiger charge is 2.08. The molecule has 0 aliphatic rings. The van der Waals surface area contributed by atoms with Crippen molar-refractivity contribution in [1.82, 2.24) is 15.0 Å². The molecular weight excluding hydrogens is 257 g/mol. The molecule has 18 heavy (non-hydrogen) atoms. The number of aromatic amines is 1. The second-order valence-electron chi connectivity index (χ2n) is 3.60. The maximum Gasteiger partial charge on any atom is 0.231 e. The molecule has 0 radical (unpaired) electrons. The second-order valence-corrected chi connectivity index (χ2v) is 4.00. The average Bonchev–Trinajstić information content (AvgIpc) is 2.83. The van der Waals surface area contributed by atoms with E-state index in [2.05, 4.69) is 15.0 Å². The normalized spacial score (nSPS) is 10.8. The summed E-state index contributed by atoms with van der Waals surface area (Å²) < 4.78 is 18.6. The first-order valence-electron chi connectivity index (χ1n) is 5.15. The number of hydrogen-bond donors (Lipinski definition) is 1. The third-order valence-corrected chi connectivity index (χ3v) is 2.71. The van der Waals surface area contributed by atoms with Gasteiger partial charge in [0, 0.05) is 12.3 Å². The maximum absolute atomic E-state index is 13.0. The van der Waals surface area contributed by atoms with Gasteiger partial charge in [-0.25, -0.2) is 14.4 Å². The zero-order chi connectivity index (χ0) is 12.5. The summed E-state index contributed by atoms with van der Waals surface area (Å²) in [4.78, 5) is 11.0. The Kier molecular flexibility index (Phi) is 2.60. The van der Waals surface area contributed by atoms with Crippen LogP contribution in [0, 0.1) is 5.82 Å². The monoisotopic (exact) mass is 263 g/mol. The van der Waals surface area contributed by atoms with Crippen molar-refractivity contribution < 1.29 is 9.13 Å². The molecule has 0 fully saturated rings. The minimum absolute atomic E-state index is 0.00636. The molecule has 90 valence electrons.